The Hall–Kier alpha value is -3.07. The predicted molar refractivity (Wildman–Crippen MR) is 99.8 cm³/mol. The van der Waals surface area contributed by atoms with Crippen LogP contribution in [0.15, 0.2) is 47.4 Å². The van der Waals surface area contributed by atoms with E-state index in [4.69, 9.17) is 4.74 Å². The molecule has 26 heavy (non-hydrogen) atoms. The van der Waals surface area contributed by atoms with Crippen molar-refractivity contribution < 1.29 is 19.2 Å². The Balaban J connectivity index is 2.01. The summed E-state index contributed by atoms with van der Waals surface area (Å²) in [7, 11) is 1.54. The van der Waals surface area contributed by atoms with Crippen molar-refractivity contribution in [2.45, 2.75) is 4.90 Å². The van der Waals surface area contributed by atoms with Crippen LogP contribution in [0.2, 0.25) is 0 Å². The molecule has 0 radical (unpaired) electrons. The number of benzene rings is 2. The number of nitrogens with one attached hydrogen (secondary N) is 2. The van der Waals surface area contributed by atoms with Gasteiger partial charge in [0.1, 0.15) is 5.69 Å². The Kier molecular flexibility index (Phi) is 6.56. The fourth-order valence-corrected chi connectivity index (χ4v) is 2.72. The minimum atomic E-state index is -0.816. The molecule has 0 atom stereocenters. The number of nitro benzene ring substituents is 1. The quantitative estimate of drug-likeness (QED) is 0.331. The van der Waals surface area contributed by atoms with Crippen LogP contribution >= 0.6 is 11.8 Å². The van der Waals surface area contributed by atoms with Crippen LogP contribution in [-0.2, 0) is 9.53 Å². The van der Waals surface area contributed by atoms with Gasteiger partial charge < -0.3 is 15.4 Å². The number of carbonyl (C=O) groups is 2. The molecule has 0 aliphatic rings. The van der Waals surface area contributed by atoms with Crippen LogP contribution in [0.3, 0.4) is 0 Å². The van der Waals surface area contributed by atoms with Gasteiger partial charge in [-0.3, -0.25) is 14.9 Å². The Morgan fingerprint density at radius 3 is 2.58 bits per heavy atom. The standard InChI is InChI=1S/C17H17N3O5S/c1-18-12-8-7-11(9-14(12)20(23)24)17(22)25-10-16(21)19-13-5-3-4-6-15(13)26-2/h3-9,18H,10H2,1-2H3,(H,19,21). The van der Waals surface area contributed by atoms with E-state index in [1.165, 1.54) is 30.9 Å². The number of anilines is 2. The number of amides is 1. The van der Waals surface area contributed by atoms with Crippen LogP contribution < -0.4 is 10.6 Å². The van der Waals surface area contributed by atoms with Gasteiger partial charge in [-0.25, -0.2) is 4.79 Å². The highest BCUT2D eigenvalue weighted by atomic mass is 32.2. The Bertz CT molecular complexity index is 841. The highest BCUT2D eigenvalue weighted by Gasteiger charge is 2.18. The number of esters is 1. The second kappa shape index (κ2) is 8.86. The first-order valence-corrected chi connectivity index (χ1v) is 8.75. The van der Waals surface area contributed by atoms with Gasteiger partial charge in [-0.1, -0.05) is 12.1 Å². The number of para-hydroxylation sites is 1. The molecular formula is C17H17N3O5S. The van der Waals surface area contributed by atoms with E-state index >= 15 is 0 Å². The molecule has 0 heterocycles. The molecule has 0 fully saturated rings. The zero-order chi connectivity index (χ0) is 19.1. The van der Waals surface area contributed by atoms with Crippen molar-refractivity contribution in [3.05, 3.63) is 58.1 Å². The summed E-state index contributed by atoms with van der Waals surface area (Å²) in [6.07, 6.45) is 1.88. The molecule has 8 nitrogen and oxygen atoms in total. The first kappa shape index (κ1) is 19.3. The van der Waals surface area contributed by atoms with E-state index < -0.39 is 23.4 Å². The number of rotatable bonds is 7. The van der Waals surface area contributed by atoms with Crippen LogP contribution in [0.25, 0.3) is 0 Å². The molecule has 0 saturated carbocycles. The third kappa shape index (κ3) is 4.73. The molecule has 136 valence electrons. The average Bonchev–Trinajstić information content (AvgIpc) is 2.65. The Morgan fingerprint density at radius 1 is 1.19 bits per heavy atom. The number of thioether (sulfide) groups is 1. The van der Waals surface area contributed by atoms with E-state index in [0.717, 1.165) is 11.0 Å². The molecule has 0 unspecified atom stereocenters. The van der Waals surface area contributed by atoms with Crippen molar-refractivity contribution >= 4 is 40.7 Å². The second-order valence-corrected chi connectivity index (χ2v) is 5.91. The lowest BCUT2D eigenvalue weighted by atomic mass is 10.1. The molecular weight excluding hydrogens is 358 g/mol. The maximum absolute atomic E-state index is 12.0. The van der Waals surface area contributed by atoms with Crippen LogP contribution in [0.5, 0.6) is 0 Å². The van der Waals surface area contributed by atoms with Crippen molar-refractivity contribution in [3.8, 4) is 0 Å². The summed E-state index contributed by atoms with van der Waals surface area (Å²) in [5.41, 5.74) is 0.640. The topological polar surface area (TPSA) is 111 Å². The lowest BCUT2D eigenvalue weighted by Gasteiger charge is -2.10. The van der Waals surface area contributed by atoms with Gasteiger partial charge in [0.05, 0.1) is 16.2 Å². The van der Waals surface area contributed by atoms with Gasteiger partial charge in [0.15, 0.2) is 6.61 Å². The third-order valence-electron chi connectivity index (χ3n) is 3.41. The molecule has 9 heteroatoms. The van der Waals surface area contributed by atoms with E-state index in [1.807, 2.05) is 18.4 Å². The summed E-state index contributed by atoms with van der Waals surface area (Å²) in [5.74, 6) is -1.31. The average molecular weight is 375 g/mol. The van der Waals surface area contributed by atoms with E-state index in [-0.39, 0.29) is 16.9 Å². The molecule has 1 amide bonds. The van der Waals surface area contributed by atoms with Gasteiger partial charge in [0.25, 0.3) is 11.6 Å². The fourth-order valence-electron chi connectivity index (χ4n) is 2.17. The van der Waals surface area contributed by atoms with Gasteiger partial charge in [0.2, 0.25) is 0 Å². The zero-order valence-corrected chi connectivity index (χ0v) is 15.0. The minimum absolute atomic E-state index is 0.00647. The minimum Gasteiger partial charge on any atom is -0.452 e. The number of hydrogen-bond acceptors (Lipinski definition) is 7. The van der Waals surface area contributed by atoms with Gasteiger partial charge >= 0.3 is 5.97 Å². The van der Waals surface area contributed by atoms with Gasteiger partial charge in [-0.2, -0.15) is 0 Å². The number of ether oxygens (including phenoxy) is 1. The summed E-state index contributed by atoms with van der Waals surface area (Å²) >= 11 is 1.47. The van der Waals surface area contributed by atoms with Crippen molar-refractivity contribution in [3.63, 3.8) is 0 Å². The molecule has 2 rings (SSSR count). The molecule has 0 aromatic heterocycles. The Morgan fingerprint density at radius 2 is 1.92 bits per heavy atom. The number of carbonyl (C=O) groups excluding carboxylic acids is 2. The van der Waals surface area contributed by atoms with Crippen LogP contribution in [0.4, 0.5) is 17.1 Å². The van der Waals surface area contributed by atoms with Crippen molar-refractivity contribution in [2.24, 2.45) is 0 Å². The largest absolute Gasteiger partial charge is 0.452 e. The monoisotopic (exact) mass is 375 g/mol. The molecule has 0 aliphatic heterocycles. The van der Waals surface area contributed by atoms with Gasteiger partial charge in [-0.05, 0) is 30.5 Å². The fraction of sp³-hybridized carbons (Fsp3) is 0.176. The van der Waals surface area contributed by atoms with Gasteiger partial charge in [-0.15, -0.1) is 11.8 Å². The molecule has 0 spiro atoms. The molecule has 2 aromatic rings. The lowest BCUT2D eigenvalue weighted by Crippen LogP contribution is -2.21. The maximum Gasteiger partial charge on any atom is 0.338 e. The molecule has 2 N–H and O–H groups in total. The summed E-state index contributed by atoms with van der Waals surface area (Å²) in [6.45, 7) is -0.497. The van der Waals surface area contributed by atoms with Crippen LogP contribution in [0.1, 0.15) is 10.4 Å². The Labute approximate surface area is 154 Å². The lowest BCUT2D eigenvalue weighted by molar-refractivity contribution is -0.384. The molecule has 2 aromatic carbocycles. The van der Waals surface area contributed by atoms with Crippen LogP contribution in [0, 0.1) is 10.1 Å². The number of nitrogens with zero attached hydrogens (tertiary/aromatic N) is 1. The van der Waals surface area contributed by atoms with Gasteiger partial charge in [0, 0.05) is 18.0 Å². The second-order valence-electron chi connectivity index (χ2n) is 5.06. The highest BCUT2D eigenvalue weighted by Crippen LogP contribution is 2.26. The molecule has 0 aliphatic carbocycles. The van der Waals surface area contributed by atoms with Crippen molar-refractivity contribution in [2.75, 3.05) is 30.5 Å². The first-order valence-electron chi connectivity index (χ1n) is 7.52. The van der Waals surface area contributed by atoms with E-state index in [1.54, 1.807) is 12.1 Å². The molecule has 0 saturated heterocycles. The number of hydrogen-bond donors (Lipinski definition) is 2. The molecule has 0 bridgehead atoms. The zero-order valence-electron chi connectivity index (χ0n) is 14.1. The SMILES string of the molecule is CNc1ccc(C(=O)OCC(=O)Nc2ccccc2SC)cc1[N+](=O)[O-]. The summed E-state index contributed by atoms with van der Waals surface area (Å²) in [4.78, 5) is 35.3. The smallest absolute Gasteiger partial charge is 0.338 e. The maximum atomic E-state index is 12.0. The third-order valence-corrected chi connectivity index (χ3v) is 4.21. The summed E-state index contributed by atoms with van der Waals surface area (Å²) in [5, 5.41) is 16.4. The summed E-state index contributed by atoms with van der Waals surface area (Å²) < 4.78 is 4.94. The summed E-state index contributed by atoms with van der Waals surface area (Å²) in [6, 6.07) is 11.1. The van der Waals surface area contributed by atoms with Crippen molar-refractivity contribution in [1.82, 2.24) is 0 Å². The van der Waals surface area contributed by atoms with Crippen molar-refractivity contribution in [1.29, 1.82) is 0 Å². The predicted octanol–water partition coefficient (Wildman–Crippen LogP) is 3.15. The van der Waals surface area contributed by atoms with E-state index in [0.29, 0.717) is 5.69 Å². The number of nitro groups is 1. The van der Waals surface area contributed by atoms with E-state index in [9.17, 15) is 19.7 Å². The highest BCUT2D eigenvalue weighted by molar-refractivity contribution is 7.98. The first-order chi connectivity index (χ1) is 12.5. The normalized spacial score (nSPS) is 10.1. The van der Waals surface area contributed by atoms with Crippen LogP contribution in [-0.4, -0.2) is 36.7 Å². The van der Waals surface area contributed by atoms with E-state index in [2.05, 4.69) is 10.6 Å².